The number of aromatic nitrogens is 2. The van der Waals surface area contributed by atoms with Gasteiger partial charge in [-0.3, -0.25) is 0 Å². The van der Waals surface area contributed by atoms with Crippen LogP contribution >= 0.6 is 0 Å². The largest absolute Gasteiger partial charge is 0.493 e. The number of hydrogen-bond donors (Lipinski definition) is 1. The van der Waals surface area contributed by atoms with Gasteiger partial charge in [-0.25, -0.2) is 4.98 Å². The molecule has 0 aliphatic carbocycles. The van der Waals surface area contributed by atoms with Crippen molar-refractivity contribution in [2.45, 2.75) is 31.7 Å². The van der Waals surface area contributed by atoms with Crippen LogP contribution in [0.5, 0.6) is 11.5 Å². The zero-order chi connectivity index (χ0) is 18.1. The second-order valence-corrected chi connectivity index (χ2v) is 7.11. The van der Waals surface area contributed by atoms with Crippen LogP contribution in [0.15, 0.2) is 12.1 Å². The highest BCUT2D eigenvalue weighted by Gasteiger charge is 2.24. The number of rotatable bonds is 4. The van der Waals surface area contributed by atoms with Gasteiger partial charge in [-0.1, -0.05) is 0 Å². The van der Waals surface area contributed by atoms with Gasteiger partial charge in [-0.2, -0.15) is 4.98 Å². The lowest BCUT2D eigenvalue weighted by atomic mass is 10.1. The first kappa shape index (κ1) is 17.1. The van der Waals surface area contributed by atoms with Gasteiger partial charge in [0.05, 0.1) is 19.7 Å². The fourth-order valence-electron chi connectivity index (χ4n) is 3.93. The molecular formula is C19H27N5O2. The van der Waals surface area contributed by atoms with Crippen molar-refractivity contribution >= 4 is 22.7 Å². The van der Waals surface area contributed by atoms with Crippen molar-refractivity contribution in [1.29, 1.82) is 0 Å². The summed E-state index contributed by atoms with van der Waals surface area (Å²) < 4.78 is 11.0. The molecule has 0 saturated carbocycles. The van der Waals surface area contributed by atoms with Crippen LogP contribution in [0, 0.1) is 0 Å². The maximum absolute atomic E-state index is 6.23. The number of piperidine rings is 1. The normalized spacial score (nSPS) is 20.7. The van der Waals surface area contributed by atoms with Crippen LogP contribution in [-0.4, -0.2) is 56.4 Å². The van der Waals surface area contributed by atoms with E-state index in [1.165, 1.54) is 12.8 Å². The van der Waals surface area contributed by atoms with E-state index in [2.05, 4.69) is 9.80 Å². The first-order valence-corrected chi connectivity index (χ1v) is 9.39. The van der Waals surface area contributed by atoms with Crippen LogP contribution in [0.3, 0.4) is 0 Å². The van der Waals surface area contributed by atoms with Gasteiger partial charge in [0.25, 0.3) is 0 Å². The summed E-state index contributed by atoms with van der Waals surface area (Å²) in [6.07, 6.45) is 4.53. The number of fused-ring (bicyclic) bond motifs is 1. The third-order valence-electron chi connectivity index (χ3n) is 5.32. The molecule has 7 nitrogen and oxygen atoms in total. The Labute approximate surface area is 154 Å². The average molecular weight is 357 g/mol. The first-order valence-electron chi connectivity index (χ1n) is 9.39. The molecule has 1 atom stereocenters. The molecule has 2 fully saturated rings. The van der Waals surface area contributed by atoms with E-state index in [0.29, 0.717) is 11.5 Å². The number of nitrogens with zero attached hydrogens (tertiary/aromatic N) is 4. The van der Waals surface area contributed by atoms with E-state index < -0.39 is 0 Å². The van der Waals surface area contributed by atoms with Crippen LogP contribution < -0.4 is 25.0 Å². The van der Waals surface area contributed by atoms with Gasteiger partial charge >= 0.3 is 0 Å². The molecule has 4 rings (SSSR count). The highest BCUT2D eigenvalue weighted by molar-refractivity contribution is 5.93. The summed E-state index contributed by atoms with van der Waals surface area (Å²) in [5.41, 5.74) is 7.11. The zero-order valence-corrected chi connectivity index (χ0v) is 15.6. The Morgan fingerprint density at radius 3 is 2.35 bits per heavy atom. The monoisotopic (exact) mass is 357 g/mol. The van der Waals surface area contributed by atoms with E-state index in [1.54, 1.807) is 14.2 Å². The Balaban J connectivity index is 1.87. The molecule has 2 saturated heterocycles. The Hall–Kier alpha value is -2.28. The highest BCUT2D eigenvalue weighted by atomic mass is 16.5. The van der Waals surface area contributed by atoms with Gasteiger partial charge in [0.2, 0.25) is 5.95 Å². The van der Waals surface area contributed by atoms with Crippen molar-refractivity contribution < 1.29 is 9.47 Å². The molecule has 0 spiro atoms. The summed E-state index contributed by atoms with van der Waals surface area (Å²) in [6.45, 7) is 3.81. The van der Waals surface area contributed by atoms with Crippen molar-refractivity contribution in [3.05, 3.63) is 12.1 Å². The van der Waals surface area contributed by atoms with Gasteiger partial charge < -0.3 is 25.0 Å². The highest BCUT2D eigenvalue weighted by Crippen LogP contribution is 2.37. The Morgan fingerprint density at radius 2 is 1.65 bits per heavy atom. The van der Waals surface area contributed by atoms with Crippen molar-refractivity contribution in [3.8, 4) is 11.5 Å². The van der Waals surface area contributed by atoms with Gasteiger partial charge in [0.15, 0.2) is 11.5 Å². The predicted molar refractivity (Wildman–Crippen MR) is 104 cm³/mol. The second kappa shape index (κ2) is 7.15. The Bertz CT molecular complexity index is 791. The standard InChI is InChI=1S/C19H27N5O2/c1-25-16-10-14-15(11-17(16)26-2)21-19(23-7-3-4-8-23)22-18(14)24-9-5-6-13(20)12-24/h10-11,13H,3-9,12,20H2,1-2H3. The minimum absolute atomic E-state index is 0.184. The fourth-order valence-corrected chi connectivity index (χ4v) is 3.93. The van der Waals surface area contributed by atoms with E-state index in [1.807, 2.05) is 12.1 Å². The number of anilines is 2. The molecule has 2 aliphatic rings. The Kier molecular flexibility index (Phi) is 4.72. The van der Waals surface area contributed by atoms with Crippen molar-refractivity contribution in [3.63, 3.8) is 0 Å². The molecule has 1 aromatic carbocycles. The lowest BCUT2D eigenvalue weighted by Gasteiger charge is -2.33. The van der Waals surface area contributed by atoms with Crippen LogP contribution in [0.1, 0.15) is 25.7 Å². The second-order valence-electron chi connectivity index (χ2n) is 7.11. The van der Waals surface area contributed by atoms with Crippen LogP contribution in [-0.2, 0) is 0 Å². The lowest BCUT2D eigenvalue weighted by Crippen LogP contribution is -2.43. The molecule has 0 bridgehead atoms. The van der Waals surface area contributed by atoms with E-state index in [9.17, 15) is 0 Å². The number of ether oxygens (including phenoxy) is 2. The number of nitrogens with two attached hydrogens (primary N) is 1. The average Bonchev–Trinajstić information content (AvgIpc) is 3.20. The maximum atomic E-state index is 6.23. The van der Waals surface area contributed by atoms with E-state index in [-0.39, 0.29) is 6.04 Å². The quantitative estimate of drug-likeness (QED) is 0.898. The summed E-state index contributed by atoms with van der Waals surface area (Å²) in [5.74, 6) is 3.14. The molecule has 3 heterocycles. The smallest absolute Gasteiger partial charge is 0.227 e. The minimum Gasteiger partial charge on any atom is -0.493 e. The molecule has 2 aliphatic heterocycles. The molecule has 140 valence electrons. The molecule has 1 unspecified atom stereocenters. The summed E-state index contributed by atoms with van der Waals surface area (Å²) in [5, 5.41) is 0.986. The van der Waals surface area contributed by atoms with Crippen molar-refractivity contribution in [1.82, 2.24) is 9.97 Å². The van der Waals surface area contributed by atoms with E-state index >= 15 is 0 Å². The molecule has 7 heteroatoms. The molecule has 26 heavy (non-hydrogen) atoms. The van der Waals surface area contributed by atoms with Gasteiger partial charge in [-0.05, 0) is 31.7 Å². The SMILES string of the molecule is COc1cc2nc(N3CCCC3)nc(N3CCCC(N)C3)c2cc1OC. The van der Waals surface area contributed by atoms with Crippen LogP contribution in [0.25, 0.3) is 10.9 Å². The maximum Gasteiger partial charge on any atom is 0.227 e. The molecule has 0 radical (unpaired) electrons. The van der Waals surface area contributed by atoms with Gasteiger partial charge in [-0.15, -0.1) is 0 Å². The minimum atomic E-state index is 0.184. The zero-order valence-electron chi connectivity index (χ0n) is 15.6. The van der Waals surface area contributed by atoms with Gasteiger partial charge in [0, 0.05) is 43.7 Å². The van der Waals surface area contributed by atoms with Crippen molar-refractivity contribution in [2.75, 3.05) is 50.2 Å². The predicted octanol–water partition coefficient (Wildman–Crippen LogP) is 2.17. The molecule has 1 aromatic heterocycles. The first-order chi connectivity index (χ1) is 12.7. The topological polar surface area (TPSA) is 76.7 Å². The molecule has 2 N–H and O–H groups in total. The van der Waals surface area contributed by atoms with Crippen molar-refractivity contribution in [2.24, 2.45) is 5.73 Å². The summed E-state index contributed by atoms with van der Waals surface area (Å²) in [7, 11) is 3.30. The number of hydrogen-bond acceptors (Lipinski definition) is 7. The Morgan fingerprint density at radius 1 is 0.962 bits per heavy atom. The summed E-state index contributed by atoms with van der Waals surface area (Å²) in [4.78, 5) is 14.4. The van der Waals surface area contributed by atoms with Crippen LogP contribution in [0.4, 0.5) is 11.8 Å². The summed E-state index contributed by atoms with van der Waals surface area (Å²) >= 11 is 0. The third kappa shape index (κ3) is 3.11. The summed E-state index contributed by atoms with van der Waals surface area (Å²) in [6, 6.07) is 4.12. The number of benzene rings is 1. The number of methoxy groups -OCH3 is 2. The third-order valence-corrected chi connectivity index (χ3v) is 5.32. The van der Waals surface area contributed by atoms with Crippen LogP contribution in [0.2, 0.25) is 0 Å². The van der Waals surface area contributed by atoms with E-state index in [4.69, 9.17) is 25.2 Å². The molecule has 0 amide bonds. The molecular weight excluding hydrogens is 330 g/mol. The lowest BCUT2D eigenvalue weighted by molar-refractivity contribution is 0.355. The molecule has 2 aromatic rings. The van der Waals surface area contributed by atoms with Gasteiger partial charge in [0.1, 0.15) is 5.82 Å². The van der Waals surface area contributed by atoms with E-state index in [0.717, 1.165) is 61.7 Å². The fraction of sp³-hybridized carbons (Fsp3) is 0.579.